The maximum absolute atomic E-state index is 10.8. The van der Waals surface area contributed by atoms with Crippen molar-refractivity contribution in [3.05, 3.63) is 89.0 Å². The van der Waals surface area contributed by atoms with Crippen LogP contribution in [0.4, 0.5) is 0 Å². The first-order valence-corrected chi connectivity index (χ1v) is 13.3. The number of benzene rings is 4. The SMILES string of the molecule is COc1cccc(CCc2cc(Oc3cc(CCc4ccc5c(c4)OCO5)cc(O)c3OC)c(OC)cc2OC)c1. The van der Waals surface area contributed by atoms with Crippen LogP contribution in [0.2, 0.25) is 0 Å². The zero-order valence-electron chi connectivity index (χ0n) is 23.7. The van der Waals surface area contributed by atoms with E-state index < -0.39 is 0 Å². The van der Waals surface area contributed by atoms with Crippen LogP contribution in [0.15, 0.2) is 66.7 Å². The molecule has 1 heterocycles. The molecule has 0 saturated carbocycles. The van der Waals surface area contributed by atoms with Gasteiger partial charge in [-0.3, -0.25) is 0 Å². The highest BCUT2D eigenvalue weighted by Gasteiger charge is 2.19. The fourth-order valence-electron chi connectivity index (χ4n) is 4.89. The molecular formula is C33H34O8. The third-order valence-corrected chi connectivity index (χ3v) is 7.04. The van der Waals surface area contributed by atoms with Crippen LogP contribution in [0.1, 0.15) is 22.3 Å². The molecule has 41 heavy (non-hydrogen) atoms. The fraction of sp³-hybridized carbons (Fsp3) is 0.273. The van der Waals surface area contributed by atoms with Gasteiger partial charge in [-0.2, -0.15) is 0 Å². The van der Waals surface area contributed by atoms with E-state index in [0.717, 1.165) is 52.3 Å². The zero-order chi connectivity index (χ0) is 28.8. The van der Waals surface area contributed by atoms with Crippen molar-refractivity contribution in [2.45, 2.75) is 25.7 Å². The largest absolute Gasteiger partial charge is 0.504 e. The Bertz CT molecular complexity index is 1510. The Morgan fingerprint density at radius 2 is 1.37 bits per heavy atom. The number of methoxy groups -OCH3 is 4. The van der Waals surface area contributed by atoms with Crippen molar-refractivity contribution >= 4 is 0 Å². The molecule has 1 aliphatic heterocycles. The van der Waals surface area contributed by atoms with Gasteiger partial charge in [0.05, 0.1) is 28.4 Å². The van der Waals surface area contributed by atoms with Crippen LogP contribution in [0.3, 0.4) is 0 Å². The van der Waals surface area contributed by atoms with Crippen LogP contribution in [0.25, 0.3) is 0 Å². The molecule has 4 aromatic rings. The minimum Gasteiger partial charge on any atom is -0.504 e. The molecule has 0 atom stereocenters. The number of hydrogen-bond acceptors (Lipinski definition) is 8. The van der Waals surface area contributed by atoms with Gasteiger partial charge in [-0.15, -0.1) is 0 Å². The van der Waals surface area contributed by atoms with E-state index in [0.29, 0.717) is 35.8 Å². The summed E-state index contributed by atoms with van der Waals surface area (Å²) >= 11 is 0. The summed E-state index contributed by atoms with van der Waals surface area (Å²) in [6.45, 7) is 0.239. The van der Waals surface area contributed by atoms with E-state index in [1.54, 1.807) is 27.4 Å². The number of aromatic hydroxyl groups is 1. The lowest BCUT2D eigenvalue weighted by Gasteiger charge is -2.18. The normalized spacial score (nSPS) is 11.7. The van der Waals surface area contributed by atoms with E-state index in [1.807, 2.05) is 54.6 Å². The molecule has 0 saturated heterocycles. The molecule has 0 unspecified atom stereocenters. The third kappa shape index (κ3) is 6.38. The van der Waals surface area contributed by atoms with Gasteiger partial charge in [0.25, 0.3) is 0 Å². The monoisotopic (exact) mass is 558 g/mol. The first-order valence-electron chi connectivity index (χ1n) is 13.3. The molecule has 8 nitrogen and oxygen atoms in total. The van der Waals surface area contributed by atoms with Crippen molar-refractivity contribution in [2.75, 3.05) is 35.2 Å². The summed E-state index contributed by atoms with van der Waals surface area (Å²) in [4.78, 5) is 0. The Kier molecular flexibility index (Phi) is 8.58. The lowest BCUT2D eigenvalue weighted by Crippen LogP contribution is -2.00. The van der Waals surface area contributed by atoms with Crippen molar-refractivity contribution in [1.82, 2.24) is 0 Å². The molecule has 0 bridgehead atoms. The molecule has 0 amide bonds. The fourth-order valence-corrected chi connectivity index (χ4v) is 4.89. The summed E-state index contributed by atoms with van der Waals surface area (Å²) in [5.41, 5.74) is 4.09. The highest BCUT2D eigenvalue weighted by atomic mass is 16.7. The number of ether oxygens (including phenoxy) is 7. The molecule has 1 N–H and O–H groups in total. The minimum absolute atomic E-state index is 0.00332. The summed E-state index contributed by atoms with van der Waals surface area (Å²) in [5, 5.41) is 10.8. The van der Waals surface area contributed by atoms with Gasteiger partial charge in [-0.1, -0.05) is 18.2 Å². The van der Waals surface area contributed by atoms with E-state index in [2.05, 4.69) is 6.07 Å². The van der Waals surface area contributed by atoms with Gasteiger partial charge < -0.3 is 38.3 Å². The summed E-state index contributed by atoms with van der Waals surface area (Å²) in [6.07, 6.45) is 2.88. The molecule has 214 valence electrons. The van der Waals surface area contributed by atoms with E-state index in [-0.39, 0.29) is 18.3 Å². The standard InChI is InChI=1S/C33H34O8/c1-35-25-7-5-6-21(14-25)10-12-24-18-31(29(37-3)19-28(24)36-2)41-32-17-23(15-26(34)33(32)38-4)9-8-22-11-13-27-30(16-22)40-20-39-27/h5-7,11,13-19,34H,8-10,12,20H2,1-4H3. The number of phenolic OH excluding ortho intramolecular Hbond substituents is 1. The second-order valence-electron chi connectivity index (χ2n) is 9.60. The number of phenols is 1. The molecule has 0 spiro atoms. The van der Waals surface area contributed by atoms with Crippen LogP contribution in [-0.2, 0) is 25.7 Å². The van der Waals surface area contributed by atoms with Crippen LogP contribution >= 0.6 is 0 Å². The third-order valence-electron chi connectivity index (χ3n) is 7.04. The second kappa shape index (κ2) is 12.6. The first-order chi connectivity index (χ1) is 20.0. The topological polar surface area (TPSA) is 84.8 Å². The summed E-state index contributed by atoms with van der Waals surface area (Å²) < 4.78 is 39.5. The summed E-state index contributed by atoms with van der Waals surface area (Å²) in [6, 6.07) is 21.2. The van der Waals surface area contributed by atoms with Gasteiger partial charge in [-0.25, -0.2) is 0 Å². The number of hydrogen-bond donors (Lipinski definition) is 1. The molecule has 0 fully saturated rings. The van der Waals surface area contributed by atoms with Gasteiger partial charge in [0.15, 0.2) is 34.5 Å². The van der Waals surface area contributed by atoms with Gasteiger partial charge in [0.2, 0.25) is 12.5 Å². The van der Waals surface area contributed by atoms with E-state index >= 15 is 0 Å². The predicted octanol–water partition coefficient (Wildman–Crippen LogP) is 6.52. The highest BCUT2D eigenvalue weighted by Crippen LogP contribution is 2.44. The van der Waals surface area contributed by atoms with Crippen molar-refractivity contribution in [3.63, 3.8) is 0 Å². The maximum atomic E-state index is 10.8. The Labute approximate surface area is 239 Å². The molecule has 0 aliphatic carbocycles. The van der Waals surface area contributed by atoms with Crippen LogP contribution < -0.4 is 33.2 Å². The Hall–Kier alpha value is -4.72. The first kappa shape index (κ1) is 27.8. The molecule has 5 rings (SSSR count). The lowest BCUT2D eigenvalue weighted by atomic mass is 10.0. The molecule has 0 radical (unpaired) electrons. The molecule has 8 heteroatoms. The zero-order valence-corrected chi connectivity index (χ0v) is 23.7. The van der Waals surface area contributed by atoms with Crippen LogP contribution in [0, 0.1) is 0 Å². The summed E-state index contributed by atoms with van der Waals surface area (Å²) in [7, 11) is 6.37. The predicted molar refractivity (Wildman–Crippen MR) is 155 cm³/mol. The van der Waals surface area contributed by atoms with Crippen molar-refractivity contribution < 1.29 is 38.3 Å². The number of aryl methyl sites for hydroxylation is 4. The number of fused-ring (bicyclic) bond motifs is 1. The quantitative estimate of drug-likeness (QED) is 0.210. The summed E-state index contributed by atoms with van der Waals surface area (Å²) in [5.74, 6) is 4.63. The lowest BCUT2D eigenvalue weighted by molar-refractivity contribution is 0.174. The smallest absolute Gasteiger partial charge is 0.231 e. The average Bonchev–Trinajstić information content (AvgIpc) is 3.47. The molecule has 1 aliphatic rings. The van der Waals surface area contributed by atoms with Crippen molar-refractivity contribution in [3.8, 4) is 51.7 Å². The maximum Gasteiger partial charge on any atom is 0.231 e. The second-order valence-corrected chi connectivity index (χ2v) is 9.60. The Morgan fingerprint density at radius 1 is 0.610 bits per heavy atom. The number of rotatable bonds is 12. The molecule has 0 aromatic heterocycles. The van der Waals surface area contributed by atoms with Crippen molar-refractivity contribution in [2.24, 2.45) is 0 Å². The van der Waals surface area contributed by atoms with E-state index in [1.165, 1.54) is 7.11 Å². The van der Waals surface area contributed by atoms with E-state index in [9.17, 15) is 5.11 Å². The molecular weight excluding hydrogens is 524 g/mol. The van der Waals surface area contributed by atoms with Gasteiger partial charge in [-0.05, 0) is 90.4 Å². The average molecular weight is 559 g/mol. The minimum atomic E-state index is -0.00332. The Morgan fingerprint density at radius 3 is 2.15 bits per heavy atom. The van der Waals surface area contributed by atoms with Gasteiger partial charge >= 0.3 is 0 Å². The van der Waals surface area contributed by atoms with Crippen LogP contribution in [-0.4, -0.2) is 40.3 Å². The van der Waals surface area contributed by atoms with Gasteiger partial charge in [0.1, 0.15) is 11.5 Å². The Balaban J connectivity index is 1.39. The highest BCUT2D eigenvalue weighted by molar-refractivity contribution is 5.58. The van der Waals surface area contributed by atoms with Crippen LogP contribution in [0.5, 0.6) is 51.7 Å². The molecule has 4 aromatic carbocycles. The van der Waals surface area contributed by atoms with Crippen molar-refractivity contribution in [1.29, 1.82) is 0 Å². The van der Waals surface area contributed by atoms with E-state index in [4.69, 9.17) is 33.2 Å². The van der Waals surface area contributed by atoms with Gasteiger partial charge in [0, 0.05) is 6.07 Å².